The van der Waals surface area contributed by atoms with Crippen LogP contribution in [0.15, 0.2) is 65.8 Å². The third-order valence-corrected chi connectivity index (χ3v) is 7.75. The summed E-state index contributed by atoms with van der Waals surface area (Å²) in [4.78, 5) is 61.0. The highest BCUT2D eigenvalue weighted by Crippen LogP contribution is 2.22. The Morgan fingerprint density at radius 3 is 2.45 bits per heavy atom. The molecule has 1 aromatic heterocycles. The number of nitrogens with zero attached hydrogens (tertiary/aromatic N) is 2. The predicted octanol–water partition coefficient (Wildman–Crippen LogP) is 0.379. The number of carbonyl (C=O) groups excluding carboxylic acids is 3. The molecular weight excluding hydrogens is 564 g/mol. The number of guanidine groups is 1. The molecule has 1 aliphatic rings. The number of hydrogen-bond acceptors (Lipinski definition) is 6. The van der Waals surface area contributed by atoms with Gasteiger partial charge in [0.25, 0.3) is 0 Å². The van der Waals surface area contributed by atoms with Gasteiger partial charge in [-0.1, -0.05) is 48.5 Å². The average molecular weight is 605 g/mol. The number of aliphatic imine (C=N–C) groups is 1. The zero-order chi connectivity index (χ0) is 31.6. The molecule has 234 valence electrons. The van der Waals surface area contributed by atoms with Crippen LogP contribution < -0.4 is 27.8 Å². The average Bonchev–Trinajstić information content (AvgIpc) is 3.66. The number of amides is 3. The molecule has 44 heavy (non-hydrogen) atoms. The van der Waals surface area contributed by atoms with Gasteiger partial charge in [0.15, 0.2) is 5.96 Å². The van der Waals surface area contributed by atoms with Gasteiger partial charge in [0.1, 0.15) is 18.1 Å². The van der Waals surface area contributed by atoms with Crippen molar-refractivity contribution in [1.82, 2.24) is 20.5 Å². The summed E-state index contributed by atoms with van der Waals surface area (Å²) < 4.78 is 0. The Morgan fingerprint density at radius 1 is 1.00 bits per heavy atom. The molecule has 10 N–H and O–H groups in total. The summed E-state index contributed by atoms with van der Waals surface area (Å²) in [5.41, 5.74) is 19.5. The van der Waals surface area contributed by atoms with Gasteiger partial charge >= 0.3 is 5.97 Å². The number of carboxylic acid groups (broad SMARTS) is 1. The zero-order valence-corrected chi connectivity index (χ0v) is 24.4. The minimum atomic E-state index is -1.22. The Kier molecular flexibility index (Phi) is 10.9. The summed E-state index contributed by atoms with van der Waals surface area (Å²) in [6, 6.07) is 13.0. The lowest BCUT2D eigenvalue weighted by molar-refractivity contribution is -0.143. The summed E-state index contributed by atoms with van der Waals surface area (Å²) >= 11 is 0. The zero-order valence-electron chi connectivity index (χ0n) is 24.4. The second-order valence-corrected chi connectivity index (χ2v) is 11.0. The van der Waals surface area contributed by atoms with Crippen LogP contribution in [0.5, 0.6) is 0 Å². The summed E-state index contributed by atoms with van der Waals surface area (Å²) in [5, 5.41) is 16.0. The molecule has 3 amide bonds. The minimum Gasteiger partial charge on any atom is -0.480 e. The first kappa shape index (κ1) is 32.0. The molecule has 13 nitrogen and oxygen atoms in total. The first-order valence-corrected chi connectivity index (χ1v) is 14.7. The Balaban J connectivity index is 1.50. The number of rotatable bonds is 14. The number of H-pyrrole nitrogens is 1. The summed E-state index contributed by atoms with van der Waals surface area (Å²) in [5.74, 6) is -2.82. The lowest BCUT2D eigenvalue weighted by atomic mass is 10.0. The second-order valence-electron chi connectivity index (χ2n) is 11.0. The van der Waals surface area contributed by atoms with E-state index in [0.29, 0.717) is 32.2 Å². The van der Waals surface area contributed by atoms with Crippen LogP contribution in [0.1, 0.15) is 36.8 Å². The minimum absolute atomic E-state index is 0.0792. The highest BCUT2D eigenvalue weighted by Gasteiger charge is 2.38. The van der Waals surface area contributed by atoms with Crippen LogP contribution in [-0.4, -0.2) is 81.9 Å². The fourth-order valence-electron chi connectivity index (χ4n) is 5.50. The number of carbonyl (C=O) groups is 4. The van der Waals surface area contributed by atoms with Gasteiger partial charge in [0, 0.05) is 36.6 Å². The van der Waals surface area contributed by atoms with Crippen LogP contribution in [0.2, 0.25) is 0 Å². The van der Waals surface area contributed by atoms with E-state index in [4.69, 9.17) is 17.2 Å². The van der Waals surface area contributed by atoms with E-state index in [0.717, 1.165) is 22.0 Å². The molecule has 0 saturated carbocycles. The van der Waals surface area contributed by atoms with Crippen molar-refractivity contribution in [3.05, 3.63) is 71.9 Å². The molecule has 4 rings (SSSR count). The summed E-state index contributed by atoms with van der Waals surface area (Å²) in [6.07, 6.45) is 3.60. The number of aromatic amines is 1. The lowest BCUT2D eigenvalue weighted by Crippen LogP contribution is -2.57. The van der Waals surface area contributed by atoms with E-state index in [1.807, 2.05) is 54.6 Å². The van der Waals surface area contributed by atoms with Crippen LogP contribution >= 0.6 is 0 Å². The molecule has 3 aromatic rings. The number of aromatic nitrogens is 1. The molecule has 0 spiro atoms. The molecule has 1 aliphatic heterocycles. The molecule has 13 heteroatoms. The van der Waals surface area contributed by atoms with Gasteiger partial charge in [-0.05, 0) is 49.3 Å². The maximum Gasteiger partial charge on any atom is 0.326 e. The summed E-state index contributed by atoms with van der Waals surface area (Å²) in [7, 11) is 0. The van der Waals surface area contributed by atoms with Crippen molar-refractivity contribution in [2.45, 2.75) is 62.7 Å². The Bertz CT molecular complexity index is 1490. The topological polar surface area (TPSA) is 222 Å². The second kappa shape index (κ2) is 15.0. The van der Waals surface area contributed by atoms with Crippen LogP contribution in [0, 0.1) is 0 Å². The van der Waals surface area contributed by atoms with Gasteiger partial charge in [0.2, 0.25) is 17.7 Å². The third-order valence-electron chi connectivity index (χ3n) is 7.75. The van der Waals surface area contributed by atoms with E-state index >= 15 is 0 Å². The molecule has 4 unspecified atom stereocenters. The van der Waals surface area contributed by atoms with Crippen molar-refractivity contribution in [3.63, 3.8) is 0 Å². The number of hydrogen-bond donors (Lipinski definition) is 7. The fraction of sp³-hybridized carbons (Fsp3) is 0.387. The van der Waals surface area contributed by atoms with Gasteiger partial charge < -0.3 is 42.8 Å². The monoisotopic (exact) mass is 604 g/mol. The highest BCUT2D eigenvalue weighted by molar-refractivity contribution is 5.95. The van der Waals surface area contributed by atoms with Gasteiger partial charge in [-0.15, -0.1) is 0 Å². The van der Waals surface area contributed by atoms with Crippen LogP contribution in [-0.2, 0) is 32.0 Å². The number of nitrogens with two attached hydrogens (primary N) is 3. The number of aliphatic carboxylic acids is 1. The number of likely N-dealkylation sites (tertiary alicyclic amines) is 1. The van der Waals surface area contributed by atoms with Gasteiger partial charge in [0.05, 0.1) is 6.04 Å². The lowest BCUT2D eigenvalue weighted by Gasteiger charge is -2.28. The Morgan fingerprint density at radius 2 is 1.73 bits per heavy atom. The van der Waals surface area contributed by atoms with Crippen molar-refractivity contribution in [1.29, 1.82) is 0 Å². The normalized spacial score (nSPS) is 16.6. The molecular formula is C31H40N8O5. The van der Waals surface area contributed by atoms with Crippen LogP contribution in [0.25, 0.3) is 10.9 Å². The van der Waals surface area contributed by atoms with Crippen LogP contribution in [0.3, 0.4) is 0 Å². The molecule has 0 radical (unpaired) electrons. The van der Waals surface area contributed by atoms with Crippen molar-refractivity contribution in [3.8, 4) is 0 Å². The Hall–Kier alpha value is -4.91. The largest absolute Gasteiger partial charge is 0.480 e. The quantitative estimate of drug-likeness (QED) is 0.0772. The van der Waals surface area contributed by atoms with Crippen molar-refractivity contribution < 1.29 is 24.3 Å². The van der Waals surface area contributed by atoms with Crippen molar-refractivity contribution in [2.24, 2.45) is 22.2 Å². The van der Waals surface area contributed by atoms with E-state index < -0.39 is 42.0 Å². The first-order chi connectivity index (χ1) is 21.1. The maximum atomic E-state index is 13.7. The van der Waals surface area contributed by atoms with E-state index in [1.54, 1.807) is 6.20 Å². The molecule has 2 aromatic carbocycles. The maximum absolute atomic E-state index is 13.7. The fourth-order valence-corrected chi connectivity index (χ4v) is 5.50. The number of nitrogens with one attached hydrogen (secondary N) is 3. The molecule has 0 bridgehead atoms. The predicted molar refractivity (Wildman–Crippen MR) is 166 cm³/mol. The number of fused-ring (bicyclic) bond motifs is 1. The first-order valence-electron chi connectivity index (χ1n) is 14.7. The van der Waals surface area contributed by atoms with Gasteiger partial charge in [-0.3, -0.25) is 19.4 Å². The summed E-state index contributed by atoms with van der Waals surface area (Å²) in [6.45, 7) is 0.574. The SMILES string of the molecule is NC(N)=NCCCC(NC(=O)C(Cc1c[nH]c2ccccc12)NC(=O)C1CCCN1C(=O)C(N)Cc1ccccc1)C(=O)O. The molecule has 0 aliphatic carbocycles. The number of benzene rings is 2. The standard InChI is InChI=1S/C31H40N8O5/c32-22(16-19-8-2-1-3-9-19)29(42)39-15-7-13-26(39)28(41)38-25(17-20-18-36-23-11-5-4-10-21(20)23)27(40)37-24(30(43)44)12-6-14-35-31(33)34/h1-5,8-11,18,22,24-26,36H,6-7,12-17,32H2,(H,37,40)(H,38,41)(H,43,44)(H4,33,34,35). The van der Waals surface area contributed by atoms with Crippen molar-refractivity contribution in [2.75, 3.05) is 13.1 Å². The van der Waals surface area contributed by atoms with E-state index in [1.165, 1.54) is 4.90 Å². The number of carboxylic acids is 1. The number of para-hydroxylation sites is 1. The van der Waals surface area contributed by atoms with E-state index in [2.05, 4.69) is 20.6 Å². The highest BCUT2D eigenvalue weighted by atomic mass is 16.4. The Labute approximate surface area is 255 Å². The van der Waals surface area contributed by atoms with Gasteiger partial charge in [-0.25, -0.2) is 4.79 Å². The molecule has 1 saturated heterocycles. The molecule has 4 atom stereocenters. The van der Waals surface area contributed by atoms with Crippen molar-refractivity contribution >= 4 is 40.6 Å². The van der Waals surface area contributed by atoms with E-state index in [-0.39, 0.29) is 31.3 Å². The van der Waals surface area contributed by atoms with E-state index in [9.17, 15) is 24.3 Å². The van der Waals surface area contributed by atoms with Gasteiger partial charge in [-0.2, -0.15) is 0 Å². The molecule has 1 fully saturated rings. The third kappa shape index (κ3) is 8.34. The van der Waals surface area contributed by atoms with Crippen LogP contribution in [0.4, 0.5) is 0 Å². The molecule has 2 heterocycles. The smallest absolute Gasteiger partial charge is 0.326 e.